The third-order valence-electron chi connectivity index (χ3n) is 3.64. The van der Waals surface area contributed by atoms with Crippen molar-refractivity contribution in [3.63, 3.8) is 0 Å². The number of rotatable bonds is 2. The number of hydrogen-bond acceptors (Lipinski definition) is 2. The van der Waals surface area contributed by atoms with Crippen LogP contribution in [0, 0.1) is 0 Å². The summed E-state index contributed by atoms with van der Waals surface area (Å²) in [5.74, 6) is -0.173. The summed E-state index contributed by atoms with van der Waals surface area (Å²) in [5, 5.41) is 2.87. The van der Waals surface area contributed by atoms with Crippen molar-refractivity contribution in [3.8, 4) is 11.1 Å². The lowest BCUT2D eigenvalue weighted by Crippen LogP contribution is -2.45. The van der Waals surface area contributed by atoms with Crippen molar-refractivity contribution in [3.05, 3.63) is 53.6 Å². The molecule has 2 aromatic rings. The van der Waals surface area contributed by atoms with Gasteiger partial charge in [-0.2, -0.15) is 0 Å². The highest BCUT2D eigenvalue weighted by atomic mass is 16.2. The molecule has 0 atom stereocenters. The maximum Gasteiger partial charge on any atom is 0.243 e. The second kappa shape index (κ2) is 4.46. The average Bonchev–Trinajstić information content (AvgIpc) is 2.75. The van der Waals surface area contributed by atoms with Crippen LogP contribution in [0.15, 0.2) is 42.5 Å². The molecular weight excluding hydrogens is 248 g/mol. The van der Waals surface area contributed by atoms with Gasteiger partial charge in [0.05, 0.1) is 5.54 Å². The van der Waals surface area contributed by atoms with E-state index < -0.39 is 5.54 Å². The van der Waals surface area contributed by atoms with Gasteiger partial charge in [0.15, 0.2) is 0 Å². The minimum absolute atomic E-state index is 0.173. The summed E-state index contributed by atoms with van der Waals surface area (Å²) in [6, 6.07) is 14.5. The highest BCUT2D eigenvalue weighted by Crippen LogP contribution is 2.37. The molecule has 0 radical (unpaired) electrons. The van der Waals surface area contributed by atoms with E-state index in [9.17, 15) is 4.79 Å². The van der Waals surface area contributed by atoms with E-state index in [2.05, 4.69) is 35.6 Å². The Morgan fingerprint density at radius 1 is 1.10 bits per heavy atom. The topological polar surface area (TPSA) is 55.1 Å². The highest BCUT2D eigenvalue weighted by Gasteiger charge is 2.23. The van der Waals surface area contributed by atoms with E-state index in [0.29, 0.717) is 0 Å². The minimum Gasteiger partial charge on any atom is -0.325 e. The van der Waals surface area contributed by atoms with E-state index in [1.54, 1.807) is 13.8 Å². The Balaban J connectivity index is 1.90. The Kier molecular flexibility index (Phi) is 2.87. The fraction of sp³-hybridized carbons (Fsp3) is 0.235. The first-order valence-corrected chi connectivity index (χ1v) is 6.77. The molecule has 20 heavy (non-hydrogen) atoms. The van der Waals surface area contributed by atoms with Crippen molar-refractivity contribution in [1.29, 1.82) is 0 Å². The first-order valence-electron chi connectivity index (χ1n) is 6.77. The summed E-state index contributed by atoms with van der Waals surface area (Å²) >= 11 is 0. The molecule has 0 saturated carbocycles. The van der Waals surface area contributed by atoms with Gasteiger partial charge >= 0.3 is 0 Å². The van der Waals surface area contributed by atoms with Crippen LogP contribution in [-0.2, 0) is 11.2 Å². The molecule has 0 bridgehead atoms. The van der Waals surface area contributed by atoms with Crippen LogP contribution in [0.5, 0.6) is 0 Å². The van der Waals surface area contributed by atoms with Crippen LogP contribution in [0.2, 0.25) is 0 Å². The van der Waals surface area contributed by atoms with Gasteiger partial charge in [-0.3, -0.25) is 4.79 Å². The predicted molar refractivity (Wildman–Crippen MR) is 81.6 cm³/mol. The first kappa shape index (κ1) is 12.9. The molecule has 3 N–H and O–H groups in total. The van der Waals surface area contributed by atoms with Crippen LogP contribution in [0.25, 0.3) is 11.1 Å². The van der Waals surface area contributed by atoms with Crippen molar-refractivity contribution in [2.24, 2.45) is 5.73 Å². The molecule has 0 aliphatic heterocycles. The van der Waals surface area contributed by atoms with Gasteiger partial charge in [-0.25, -0.2) is 0 Å². The summed E-state index contributed by atoms with van der Waals surface area (Å²) < 4.78 is 0. The van der Waals surface area contributed by atoms with Crippen LogP contribution in [0.4, 0.5) is 5.69 Å². The lowest BCUT2D eigenvalue weighted by Gasteiger charge is -2.18. The molecule has 3 nitrogen and oxygen atoms in total. The lowest BCUT2D eigenvalue weighted by atomic mass is 10.0. The molecule has 1 aliphatic carbocycles. The van der Waals surface area contributed by atoms with E-state index in [1.807, 2.05) is 12.1 Å². The Morgan fingerprint density at radius 3 is 2.55 bits per heavy atom. The van der Waals surface area contributed by atoms with Crippen LogP contribution in [0.1, 0.15) is 25.0 Å². The number of fused-ring (bicyclic) bond motifs is 3. The van der Waals surface area contributed by atoms with Crippen molar-refractivity contribution in [1.82, 2.24) is 0 Å². The van der Waals surface area contributed by atoms with Gasteiger partial charge in [-0.1, -0.05) is 30.3 Å². The van der Waals surface area contributed by atoms with Gasteiger partial charge in [0, 0.05) is 5.69 Å². The van der Waals surface area contributed by atoms with Crippen molar-refractivity contribution in [2.45, 2.75) is 25.8 Å². The maximum absolute atomic E-state index is 11.9. The standard InChI is InChI=1S/C17H18N2O/c1-17(2,18)16(20)19-13-7-8-15-12(10-13)9-11-5-3-4-6-14(11)15/h3-8,10H,9,18H2,1-2H3,(H,19,20). The molecule has 0 spiro atoms. The highest BCUT2D eigenvalue weighted by molar-refractivity contribution is 5.97. The van der Waals surface area contributed by atoms with Crippen LogP contribution in [0.3, 0.4) is 0 Å². The van der Waals surface area contributed by atoms with Gasteiger partial charge in [-0.05, 0) is 54.7 Å². The quantitative estimate of drug-likeness (QED) is 0.749. The average molecular weight is 266 g/mol. The fourth-order valence-corrected chi connectivity index (χ4v) is 2.52. The number of benzene rings is 2. The lowest BCUT2D eigenvalue weighted by molar-refractivity contribution is -0.120. The molecule has 2 aromatic carbocycles. The zero-order valence-corrected chi connectivity index (χ0v) is 11.7. The molecule has 0 fully saturated rings. The van der Waals surface area contributed by atoms with Gasteiger partial charge in [0.25, 0.3) is 0 Å². The molecule has 1 aliphatic rings. The molecule has 3 rings (SSSR count). The number of anilines is 1. The van der Waals surface area contributed by atoms with Gasteiger partial charge < -0.3 is 11.1 Å². The van der Waals surface area contributed by atoms with E-state index in [4.69, 9.17) is 5.73 Å². The van der Waals surface area contributed by atoms with E-state index in [0.717, 1.165) is 12.1 Å². The van der Waals surface area contributed by atoms with Crippen molar-refractivity contribution < 1.29 is 4.79 Å². The van der Waals surface area contributed by atoms with Crippen LogP contribution < -0.4 is 11.1 Å². The normalized spacial score (nSPS) is 12.8. The minimum atomic E-state index is -0.873. The van der Waals surface area contributed by atoms with Gasteiger partial charge in [0.1, 0.15) is 0 Å². The molecule has 0 unspecified atom stereocenters. The number of carbonyl (C=O) groups excluding carboxylic acids is 1. The predicted octanol–water partition coefficient (Wildman–Crippen LogP) is 2.93. The second-order valence-corrected chi connectivity index (χ2v) is 5.88. The zero-order valence-electron chi connectivity index (χ0n) is 11.7. The largest absolute Gasteiger partial charge is 0.325 e. The molecule has 1 amide bonds. The Bertz CT molecular complexity index is 684. The Morgan fingerprint density at radius 2 is 1.80 bits per heavy atom. The Hall–Kier alpha value is -2.13. The van der Waals surface area contributed by atoms with Crippen molar-refractivity contribution >= 4 is 11.6 Å². The SMILES string of the molecule is CC(C)(N)C(=O)Nc1ccc2c(c1)Cc1ccccc1-2. The second-order valence-electron chi connectivity index (χ2n) is 5.88. The van der Waals surface area contributed by atoms with Gasteiger partial charge in [0.2, 0.25) is 5.91 Å². The van der Waals surface area contributed by atoms with Gasteiger partial charge in [-0.15, -0.1) is 0 Å². The monoisotopic (exact) mass is 266 g/mol. The van der Waals surface area contributed by atoms with E-state index in [-0.39, 0.29) is 5.91 Å². The third kappa shape index (κ3) is 2.21. The number of nitrogens with two attached hydrogens (primary N) is 1. The molecule has 0 heterocycles. The summed E-state index contributed by atoms with van der Waals surface area (Å²) in [4.78, 5) is 11.9. The van der Waals surface area contributed by atoms with Crippen LogP contribution in [-0.4, -0.2) is 11.4 Å². The smallest absolute Gasteiger partial charge is 0.243 e. The summed E-state index contributed by atoms with van der Waals surface area (Å²) in [5.41, 5.74) is 10.9. The van der Waals surface area contributed by atoms with E-state index >= 15 is 0 Å². The zero-order chi connectivity index (χ0) is 14.3. The summed E-state index contributed by atoms with van der Waals surface area (Å²) in [6.07, 6.45) is 0.918. The summed E-state index contributed by atoms with van der Waals surface area (Å²) in [7, 11) is 0. The third-order valence-corrected chi connectivity index (χ3v) is 3.64. The number of amides is 1. The molecule has 0 aromatic heterocycles. The first-order chi connectivity index (χ1) is 9.45. The van der Waals surface area contributed by atoms with Crippen molar-refractivity contribution in [2.75, 3.05) is 5.32 Å². The van der Waals surface area contributed by atoms with Crippen LogP contribution >= 0.6 is 0 Å². The number of hydrogen-bond donors (Lipinski definition) is 2. The molecule has 102 valence electrons. The maximum atomic E-state index is 11.9. The summed E-state index contributed by atoms with van der Waals surface area (Å²) in [6.45, 7) is 3.40. The fourth-order valence-electron chi connectivity index (χ4n) is 2.52. The number of nitrogens with one attached hydrogen (secondary N) is 1. The molecule has 3 heteroatoms. The Labute approximate surface area is 118 Å². The molecular formula is C17H18N2O. The molecule has 0 saturated heterocycles. The van der Waals surface area contributed by atoms with E-state index in [1.165, 1.54) is 22.3 Å². The number of carbonyl (C=O) groups is 1.